The summed E-state index contributed by atoms with van der Waals surface area (Å²) in [6.45, 7) is 44.2. The molecule has 19 heterocycles. The van der Waals surface area contributed by atoms with Crippen molar-refractivity contribution < 1.29 is 62.6 Å². The smallest absolute Gasteiger partial charge is 0.258 e. The molecule has 5 amide bonds. The van der Waals surface area contributed by atoms with E-state index in [1.807, 2.05) is 103 Å². The first-order chi connectivity index (χ1) is 72.2. The molecule has 34 nitrogen and oxygen atoms in total. The molecule has 4 saturated heterocycles. The van der Waals surface area contributed by atoms with Crippen LogP contribution in [0.2, 0.25) is 0 Å². The number of methoxy groups -OCH3 is 2. The lowest BCUT2D eigenvalue weighted by Gasteiger charge is -2.37. The van der Waals surface area contributed by atoms with Crippen LogP contribution in [-0.4, -0.2) is 320 Å². The van der Waals surface area contributed by atoms with E-state index in [1.54, 1.807) is 70.9 Å². The number of amides is 5. The number of carbonyl (C=O) groups is 5. The molecule has 3 N–H and O–H groups in total. The summed E-state index contributed by atoms with van der Waals surface area (Å²) in [6, 6.07) is 11.7. The SMILES string of the molecule is COC[C@@H]1CN(c2nc(-c3sc(C)nc3C)cc3c2C(=O)N([C@@H](C)C2CC2)C3)CCO1.COC[C@H]1COCCN1c1nc(-c2sc(C)nc2C)cc2c1C(=O)N([C@@H](C)C1CC1)C2.Cc1nc(C)c(-c2cc3c(c(N4CCOC[C@H]4CO)n2)C(=O)N([C@@H](C)C2CC2)C3)s1.Cc1nc(C)c(-c2cc3c(c(N4CCO[C@@H](CO)C4)n2)C(=O)N([C@@H](C)C2CC2)C3)s1.Cc1nc(C)c(-c2cc3c(c(NCCN(C)C)n2)C(=O)N([C@@H](C)C2CC2)C3)s1. The number of ether oxygens (including phenoxy) is 6. The number of pyridine rings is 5. The first kappa shape index (κ1) is 107. The molecule has 14 aliphatic rings. The summed E-state index contributed by atoms with van der Waals surface area (Å²) in [4.78, 5) is 142. The van der Waals surface area contributed by atoms with Crippen LogP contribution in [0.3, 0.4) is 0 Å². The molecule has 0 spiro atoms. The molecule has 9 fully saturated rings. The van der Waals surface area contributed by atoms with E-state index >= 15 is 0 Å². The molecule has 39 heteroatoms. The zero-order valence-electron chi connectivity index (χ0n) is 90.2. The number of fused-ring (bicyclic) bond motifs is 5. The summed E-state index contributed by atoms with van der Waals surface area (Å²) in [5, 5.41) is 28.1. The summed E-state index contributed by atoms with van der Waals surface area (Å²) in [7, 11) is 7.48. The van der Waals surface area contributed by atoms with Crippen molar-refractivity contribution in [3.63, 3.8) is 0 Å². The molecule has 5 aliphatic carbocycles. The third-order valence-electron chi connectivity index (χ3n) is 32.0. The maximum Gasteiger partial charge on any atom is 0.258 e. The third kappa shape index (κ3) is 22.5. The van der Waals surface area contributed by atoms with E-state index in [-0.39, 0.29) is 91.2 Å². The molecule has 24 rings (SSSR count). The largest absolute Gasteiger partial charge is 0.394 e. The fraction of sp³-hybridized carbons (Fsp3) is 0.595. The highest BCUT2D eigenvalue weighted by atomic mass is 32.1. The third-order valence-corrected chi connectivity index (χ3v) is 37.5. The first-order valence-electron chi connectivity index (χ1n) is 53.7. The zero-order chi connectivity index (χ0) is 105. The van der Waals surface area contributed by atoms with E-state index in [1.165, 1.54) is 64.2 Å². The molecular weight excluding hydrogens is 2000 g/mol. The molecule has 10 aromatic rings. The van der Waals surface area contributed by atoms with E-state index < -0.39 is 0 Å². The maximum atomic E-state index is 13.6. The molecule has 5 saturated carbocycles. The molecule has 10 aromatic heterocycles. The van der Waals surface area contributed by atoms with E-state index in [0.29, 0.717) is 165 Å². The van der Waals surface area contributed by atoms with Crippen LogP contribution in [0.15, 0.2) is 30.3 Å². The van der Waals surface area contributed by atoms with Crippen molar-refractivity contribution in [2.75, 3.05) is 172 Å². The lowest BCUT2D eigenvalue weighted by molar-refractivity contribution is -0.0102. The Morgan fingerprint density at radius 2 is 0.667 bits per heavy atom. The predicted octanol–water partition coefficient (Wildman–Crippen LogP) is 16.0. The Morgan fingerprint density at radius 3 is 0.973 bits per heavy atom. The molecule has 0 unspecified atom stereocenters. The van der Waals surface area contributed by atoms with Gasteiger partial charge in [0.2, 0.25) is 0 Å². The Labute approximate surface area is 899 Å². The second kappa shape index (κ2) is 45.1. The number of nitrogens with zero attached hydrogens (tertiary/aromatic N) is 20. The Kier molecular flexibility index (Phi) is 32.2. The second-order valence-corrected chi connectivity index (χ2v) is 49.4. The van der Waals surface area contributed by atoms with Gasteiger partial charge in [-0.3, -0.25) is 24.0 Å². The number of carbonyl (C=O) groups excluding carboxylic acids is 5. The number of hydrogen-bond donors (Lipinski definition) is 3. The monoisotopic (exact) mass is 2140 g/mol. The van der Waals surface area contributed by atoms with Gasteiger partial charge in [0.25, 0.3) is 29.5 Å². The quantitative estimate of drug-likeness (QED) is 0.0392. The van der Waals surface area contributed by atoms with E-state index in [4.69, 9.17) is 53.3 Å². The van der Waals surface area contributed by atoms with Crippen LogP contribution in [-0.2, 0) is 61.1 Å². The van der Waals surface area contributed by atoms with Crippen molar-refractivity contribution in [2.45, 2.75) is 255 Å². The van der Waals surface area contributed by atoms with Gasteiger partial charge in [-0.25, -0.2) is 49.8 Å². The highest BCUT2D eigenvalue weighted by molar-refractivity contribution is 7.16. The minimum atomic E-state index is -0.259. The molecule has 0 aromatic carbocycles. The molecular formula is C111H145N21O13S5. The normalized spacial score (nSPS) is 21.4. The van der Waals surface area contributed by atoms with E-state index in [2.05, 4.69) is 125 Å². The lowest BCUT2D eigenvalue weighted by Crippen LogP contribution is -2.49. The van der Waals surface area contributed by atoms with Crippen LogP contribution in [0.4, 0.5) is 29.1 Å². The average Bonchev–Trinajstić information content (AvgIpc) is 1.60. The van der Waals surface area contributed by atoms with Gasteiger partial charge in [-0.2, -0.15) is 0 Å². The highest BCUT2D eigenvalue weighted by Crippen LogP contribution is 2.51. The number of rotatable bonds is 29. The summed E-state index contributed by atoms with van der Waals surface area (Å²) in [6.07, 6.45) is 11.9. The molecule has 9 atom stereocenters. The summed E-state index contributed by atoms with van der Waals surface area (Å²) in [5.41, 5.74) is 18.4. The predicted molar refractivity (Wildman–Crippen MR) is 587 cm³/mol. The van der Waals surface area contributed by atoms with Crippen LogP contribution in [0, 0.1) is 98.8 Å². The number of aliphatic hydroxyl groups excluding tert-OH is 2. The fourth-order valence-corrected chi connectivity index (χ4v) is 27.3. The van der Waals surface area contributed by atoms with E-state index in [9.17, 15) is 34.2 Å². The summed E-state index contributed by atoms with van der Waals surface area (Å²) >= 11 is 8.27. The van der Waals surface area contributed by atoms with Crippen LogP contribution in [0.25, 0.3) is 52.9 Å². The van der Waals surface area contributed by atoms with Crippen LogP contribution < -0.4 is 24.9 Å². The fourth-order valence-electron chi connectivity index (χ4n) is 22.9. The Balaban J connectivity index is 0.000000113. The molecule has 0 bridgehead atoms. The van der Waals surface area contributed by atoms with Gasteiger partial charge >= 0.3 is 0 Å². The number of anilines is 5. The minimum Gasteiger partial charge on any atom is -0.394 e. The highest BCUT2D eigenvalue weighted by Gasteiger charge is 2.49. The van der Waals surface area contributed by atoms with Crippen molar-refractivity contribution in [3.8, 4) is 52.9 Å². The topological polar surface area (TPSA) is 355 Å². The molecule has 9 aliphatic heterocycles. The first-order valence-corrected chi connectivity index (χ1v) is 57.8. The van der Waals surface area contributed by atoms with Crippen LogP contribution in [0.1, 0.15) is 232 Å². The van der Waals surface area contributed by atoms with Gasteiger partial charge in [-0.1, -0.05) is 0 Å². The summed E-state index contributed by atoms with van der Waals surface area (Å²) in [5.74, 6) is 7.36. The Hall–Kier alpha value is -10.1. The number of aliphatic hydroxyl groups is 2. The van der Waals surface area contributed by atoms with Gasteiger partial charge in [0.1, 0.15) is 29.1 Å². The van der Waals surface area contributed by atoms with Crippen molar-refractivity contribution >= 4 is 115 Å². The Morgan fingerprint density at radius 1 is 0.373 bits per heavy atom. The number of likely N-dealkylation sites (N-methyl/N-ethyl adjacent to an activating group) is 1. The van der Waals surface area contributed by atoms with E-state index in [0.717, 1.165) is 199 Å². The number of aryl methyl sites for hydroxylation is 10. The number of hydrogen-bond acceptors (Lipinski definition) is 34. The lowest BCUT2D eigenvalue weighted by atomic mass is 10.1. The van der Waals surface area contributed by atoms with Gasteiger partial charge in [0.05, 0.1) is 225 Å². The standard InChI is InChI=1S/2C23H30N4O3S.2C22H28N4O3S.C21H29N5OS/c1-13-21(31-15(3)24-13)19-9-17-10-27(14(2)16-5-6-16)23(28)20(17)22(25-19)26-7-8-30-12-18(26)11-29-4;1-13-21(31-15(3)24-13)19-9-17-10-27(14(2)16-5-6-16)23(28)20(17)22(25-19)26-7-8-30-18(11-26)12-29-4;1-12-20(30-14(3)23-12)18-8-16-9-26(13(2)15-4-5-15)22(28)19(16)21(24-18)25-6-7-29-11-17(25)10-27;1-12-20(30-14(3)23-12)18-8-16-9-26(13(2)15-4-5-15)22(28)19(16)21(24-18)25-6-7-29-17(10-25)11-27;1-12-19(28-14(3)23-12)17-10-16-11-26(13(2)15-6-7-15)21(27)18(16)20(24-17)22-8-9-25(4)5/h2*9,14,16,18H,5-8,10-12H2,1-4H3;2*8,13,15,17,27H,4-7,9-11H2,1-3H3;10,13,15H,6-9,11H2,1-5H3,(H,22,24)/t2*14-,18-;2*13-,17+;13-/m00000/s1. The van der Waals surface area contributed by atoms with Crippen LogP contribution >= 0.6 is 56.7 Å². The van der Waals surface area contributed by atoms with Crippen molar-refractivity contribution in [1.82, 2.24) is 79.2 Å². The maximum absolute atomic E-state index is 13.6. The average molecular weight is 2140 g/mol. The van der Waals surface area contributed by atoms with Crippen LogP contribution in [0.5, 0.6) is 0 Å². The molecule has 0 radical (unpaired) electrons. The second-order valence-electron chi connectivity index (χ2n) is 43.4. The summed E-state index contributed by atoms with van der Waals surface area (Å²) < 4.78 is 33.6. The minimum absolute atomic E-state index is 0.0229. The Bertz CT molecular complexity index is 6700. The van der Waals surface area contributed by atoms with Gasteiger partial charge in [0, 0.05) is 130 Å². The number of aromatic nitrogens is 10. The number of nitrogens with one attached hydrogen (secondary N) is 1. The number of morpholine rings is 4. The van der Waals surface area contributed by atoms with Crippen molar-refractivity contribution in [2.24, 2.45) is 29.6 Å². The van der Waals surface area contributed by atoms with Gasteiger partial charge in [-0.05, 0) is 270 Å². The van der Waals surface area contributed by atoms with Gasteiger partial charge in [-0.15, -0.1) is 56.7 Å². The molecule has 150 heavy (non-hydrogen) atoms. The van der Waals surface area contributed by atoms with Gasteiger partial charge < -0.3 is 93.0 Å². The molecule has 802 valence electrons. The zero-order valence-corrected chi connectivity index (χ0v) is 94.3. The van der Waals surface area contributed by atoms with Crippen molar-refractivity contribution in [3.05, 3.63) is 139 Å². The number of thiazole rings is 5. The van der Waals surface area contributed by atoms with Crippen molar-refractivity contribution in [1.29, 1.82) is 0 Å². The van der Waals surface area contributed by atoms with Gasteiger partial charge in [0.15, 0.2) is 0 Å².